The smallest absolute Gasteiger partial charge is 0.321 e. The van der Waals surface area contributed by atoms with E-state index < -0.39 is 0 Å². The molecule has 1 atom stereocenters. The monoisotopic (exact) mass is 332 g/mol. The summed E-state index contributed by atoms with van der Waals surface area (Å²) in [5.74, 6) is 0.411. The van der Waals surface area contributed by atoms with Crippen LogP contribution in [0.15, 0.2) is 18.2 Å². The van der Waals surface area contributed by atoms with E-state index in [4.69, 9.17) is 4.74 Å². The van der Waals surface area contributed by atoms with Gasteiger partial charge in [0.1, 0.15) is 5.75 Å². The van der Waals surface area contributed by atoms with Crippen LogP contribution in [0.2, 0.25) is 0 Å². The lowest BCUT2D eigenvalue weighted by molar-refractivity contribution is -0.118. The first kappa shape index (κ1) is 16.6. The number of amides is 3. The summed E-state index contributed by atoms with van der Waals surface area (Å²) < 4.78 is 5.38. The van der Waals surface area contributed by atoms with Crippen LogP contribution < -0.4 is 15.4 Å². The summed E-state index contributed by atoms with van der Waals surface area (Å²) in [6.07, 6.45) is 1.01. The first-order valence-corrected chi connectivity index (χ1v) is 8.47. The Morgan fingerprint density at radius 1 is 1.42 bits per heavy atom. The number of nitrogens with zero attached hydrogens (tertiary/aromatic N) is 2. The molecule has 24 heavy (non-hydrogen) atoms. The molecule has 1 aromatic rings. The molecule has 2 heterocycles. The summed E-state index contributed by atoms with van der Waals surface area (Å²) in [4.78, 5) is 28.0. The zero-order valence-corrected chi connectivity index (χ0v) is 14.2. The number of nitrogens with one attached hydrogen (secondary N) is 2. The SMILES string of the molecule is CCN(CC)[C@@H]1CCN(C(=O)Nc2ccc3c(c2)OCC(=O)N3)C1. The number of anilines is 2. The minimum absolute atomic E-state index is 0.00206. The number of ether oxygens (including phenoxy) is 1. The number of fused-ring (bicyclic) bond motifs is 1. The number of likely N-dealkylation sites (N-methyl/N-ethyl adjacent to an activating group) is 1. The van der Waals surface area contributed by atoms with Crippen LogP contribution in [0.3, 0.4) is 0 Å². The third kappa shape index (κ3) is 3.46. The van der Waals surface area contributed by atoms with Gasteiger partial charge < -0.3 is 20.3 Å². The second-order valence-electron chi connectivity index (χ2n) is 6.09. The lowest BCUT2D eigenvalue weighted by Crippen LogP contribution is -2.39. The molecule has 2 aliphatic heterocycles. The van der Waals surface area contributed by atoms with Gasteiger partial charge in [0, 0.05) is 30.9 Å². The molecule has 0 spiro atoms. The van der Waals surface area contributed by atoms with Crippen LogP contribution in [-0.4, -0.2) is 60.6 Å². The molecule has 130 valence electrons. The molecular weight excluding hydrogens is 308 g/mol. The second kappa shape index (κ2) is 7.09. The molecule has 1 aromatic carbocycles. The van der Waals surface area contributed by atoms with Crippen LogP contribution in [0.4, 0.5) is 16.2 Å². The van der Waals surface area contributed by atoms with Crippen molar-refractivity contribution in [1.29, 1.82) is 0 Å². The summed E-state index contributed by atoms with van der Waals surface area (Å²) >= 11 is 0. The van der Waals surface area contributed by atoms with Crippen LogP contribution in [0.5, 0.6) is 5.75 Å². The molecular formula is C17H24N4O3. The van der Waals surface area contributed by atoms with Gasteiger partial charge in [0.05, 0.1) is 5.69 Å². The van der Waals surface area contributed by atoms with E-state index in [0.717, 1.165) is 32.6 Å². The molecule has 7 nitrogen and oxygen atoms in total. The molecule has 1 fully saturated rings. The number of likely N-dealkylation sites (tertiary alicyclic amines) is 1. The van der Waals surface area contributed by atoms with Gasteiger partial charge in [-0.2, -0.15) is 0 Å². The fourth-order valence-corrected chi connectivity index (χ4v) is 3.32. The lowest BCUT2D eigenvalue weighted by Gasteiger charge is -2.26. The van der Waals surface area contributed by atoms with Crippen molar-refractivity contribution in [3.8, 4) is 5.75 Å². The number of rotatable bonds is 4. The predicted octanol–water partition coefficient (Wildman–Crippen LogP) is 1.97. The first-order chi connectivity index (χ1) is 11.6. The van der Waals surface area contributed by atoms with Crippen LogP contribution in [0.25, 0.3) is 0 Å². The van der Waals surface area contributed by atoms with Gasteiger partial charge in [-0.15, -0.1) is 0 Å². The maximum Gasteiger partial charge on any atom is 0.321 e. The minimum atomic E-state index is -0.168. The Balaban J connectivity index is 1.60. The van der Waals surface area contributed by atoms with E-state index in [0.29, 0.717) is 23.2 Å². The number of hydrogen-bond donors (Lipinski definition) is 2. The number of benzene rings is 1. The molecule has 2 N–H and O–H groups in total. The van der Waals surface area contributed by atoms with Gasteiger partial charge in [-0.3, -0.25) is 9.69 Å². The Bertz CT molecular complexity index is 630. The maximum atomic E-state index is 12.5. The average molecular weight is 332 g/mol. The van der Waals surface area contributed by atoms with Gasteiger partial charge in [0.2, 0.25) is 0 Å². The van der Waals surface area contributed by atoms with Crippen molar-refractivity contribution in [1.82, 2.24) is 9.80 Å². The quantitative estimate of drug-likeness (QED) is 0.884. The minimum Gasteiger partial charge on any atom is -0.482 e. The number of urea groups is 1. The highest BCUT2D eigenvalue weighted by Crippen LogP contribution is 2.30. The summed E-state index contributed by atoms with van der Waals surface area (Å²) in [7, 11) is 0. The van der Waals surface area contributed by atoms with E-state index in [9.17, 15) is 9.59 Å². The molecule has 7 heteroatoms. The van der Waals surface area contributed by atoms with Gasteiger partial charge in [0.15, 0.2) is 6.61 Å². The van der Waals surface area contributed by atoms with Crippen molar-refractivity contribution >= 4 is 23.3 Å². The Morgan fingerprint density at radius 2 is 2.21 bits per heavy atom. The predicted molar refractivity (Wildman–Crippen MR) is 92.5 cm³/mol. The molecule has 3 amide bonds. The Morgan fingerprint density at radius 3 is 2.96 bits per heavy atom. The zero-order chi connectivity index (χ0) is 17.1. The molecule has 0 radical (unpaired) electrons. The van der Waals surface area contributed by atoms with E-state index >= 15 is 0 Å². The van der Waals surface area contributed by atoms with Crippen LogP contribution in [-0.2, 0) is 4.79 Å². The van der Waals surface area contributed by atoms with Crippen LogP contribution in [0, 0.1) is 0 Å². The molecule has 0 bridgehead atoms. The summed E-state index contributed by atoms with van der Waals surface area (Å²) in [5, 5.41) is 5.65. The largest absolute Gasteiger partial charge is 0.482 e. The zero-order valence-electron chi connectivity index (χ0n) is 14.2. The topological polar surface area (TPSA) is 73.9 Å². The lowest BCUT2D eigenvalue weighted by atomic mass is 10.2. The van der Waals surface area contributed by atoms with Crippen molar-refractivity contribution in [2.45, 2.75) is 26.3 Å². The van der Waals surface area contributed by atoms with E-state index in [2.05, 4.69) is 29.4 Å². The average Bonchev–Trinajstić information content (AvgIpc) is 3.06. The molecule has 1 saturated heterocycles. The van der Waals surface area contributed by atoms with Crippen molar-refractivity contribution in [3.05, 3.63) is 18.2 Å². The third-order valence-corrected chi connectivity index (χ3v) is 4.65. The van der Waals surface area contributed by atoms with Crippen LogP contribution in [0.1, 0.15) is 20.3 Å². The van der Waals surface area contributed by atoms with Gasteiger partial charge in [-0.1, -0.05) is 13.8 Å². The highest BCUT2D eigenvalue weighted by molar-refractivity contribution is 5.96. The molecule has 0 saturated carbocycles. The second-order valence-corrected chi connectivity index (χ2v) is 6.09. The molecule has 3 rings (SSSR count). The highest BCUT2D eigenvalue weighted by Gasteiger charge is 2.29. The Hall–Kier alpha value is -2.28. The van der Waals surface area contributed by atoms with Crippen molar-refractivity contribution in [2.24, 2.45) is 0 Å². The van der Waals surface area contributed by atoms with E-state index in [1.54, 1.807) is 18.2 Å². The molecule has 2 aliphatic rings. The molecule has 0 aromatic heterocycles. The summed E-state index contributed by atoms with van der Waals surface area (Å²) in [5.41, 5.74) is 1.30. The van der Waals surface area contributed by atoms with Crippen molar-refractivity contribution in [3.63, 3.8) is 0 Å². The fraction of sp³-hybridized carbons (Fsp3) is 0.529. The van der Waals surface area contributed by atoms with Crippen molar-refractivity contribution < 1.29 is 14.3 Å². The fourth-order valence-electron chi connectivity index (χ4n) is 3.32. The van der Waals surface area contributed by atoms with E-state index in [-0.39, 0.29) is 18.5 Å². The van der Waals surface area contributed by atoms with E-state index in [1.807, 2.05) is 4.90 Å². The van der Waals surface area contributed by atoms with Gasteiger partial charge in [-0.25, -0.2) is 4.79 Å². The maximum absolute atomic E-state index is 12.5. The third-order valence-electron chi connectivity index (χ3n) is 4.65. The van der Waals surface area contributed by atoms with Gasteiger partial charge >= 0.3 is 6.03 Å². The standard InChI is InChI=1S/C17H24N4O3/c1-3-20(4-2)13-7-8-21(10-13)17(23)18-12-5-6-14-15(9-12)24-11-16(22)19-14/h5-6,9,13H,3-4,7-8,10-11H2,1-2H3,(H,18,23)(H,19,22)/t13-/m1/s1. The van der Waals surface area contributed by atoms with Crippen LogP contribution >= 0.6 is 0 Å². The normalized spacial score (nSPS) is 19.7. The van der Waals surface area contributed by atoms with E-state index in [1.165, 1.54) is 0 Å². The Labute approximate surface area is 141 Å². The number of carbonyl (C=O) groups excluding carboxylic acids is 2. The first-order valence-electron chi connectivity index (χ1n) is 8.47. The number of carbonyl (C=O) groups is 2. The number of hydrogen-bond acceptors (Lipinski definition) is 4. The summed E-state index contributed by atoms with van der Waals surface area (Å²) in [6, 6.07) is 5.59. The van der Waals surface area contributed by atoms with Gasteiger partial charge in [0.25, 0.3) is 5.91 Å². The van der Waals surface area contributed by atoms with Crippen molar-refractivity contribution in [2.75, 3.05) is 43.4 Å². The highest BCUT2D eigenvalue weighted by atomic mass is 16.5. The molecule has 0 unspecified atom stereocenters. The molecule has 0 aliphatic carbocycles. The van der Waals surface area contributed by atoms with Gasteiger partial charge in [-0.05, 0) is 31.6 Å². The summed E-state index contributed by atoms with van der Waals surface area (Å²) in [6.45, 7) is 7.84. The Kier molecular flexibility index (Phi) is 4.89.